The third kappa shape index (κ3) is 3.01. The Morgan fingerprint density at radius 3 is 2.65 bits per heavy atom. The van der Waals surface area contributed by atoms with Gasteiger partial charge in [-0.3, -0.25) is 4.98 Å². The highest BCUT2D eigenvalue weighted by molar-refractivity contribution is 5.95. The van der Waals surface area contributed by atoms with Crippen LogP contribution >= 0.6 is 0 Å². The van der Waals surface area contributed by atoms with E-state index in [9.17, 15) is 4.79 Å². The number of anilines is 2. The largest absolute Gasteiger partial charge is 0.478 e. The molecular weight excluding hydrogens is 288 g/mol. The summed E-state index contributed by atoms with van der Waals surface area (Å²) in [5.74, 6) is -0.549. The lowest BCUT2D eigenvalue weighted by Crippen LogP contribution is -1.99. The molecule has 2 aromatic carbocycles. The molecule has 0 aliphatic rings. The van der Waals surface area contributed by atoms with Crippen molar-refractivity contribution in [3.05, 3.63) is 65.9 Å². The van der Waals surface area contributed by atoms with Crippen LogP contribution in [0.4, 0.5) is 11.4 Å². The fourth-order valence-electron chi connectivity index (χ4n) is 2.66. The fraction of sp³-hybridized carbons (Fsp3) is 0.158. The molecule has 0 atom stereocenters. The zero-order valence-corrected chi connectivity index (χ0v) is 13.1. The molecule has 0 saturated carbocycles. The zero-order valence-electron chi connectivity index (χ0n) is 13.1. The van der Waals surface area contributed by atoms with Crippen LogP contribution in [0.25, 0.3) is 10.9 Å². The molecule has 0 spiro atoms. The molecule has 0 amide bonds. The summed E-state index contributed by atoms with van der Waals surface area (Å²) < 4.78 is 0. The highest BCUT2D eigenvalue weighted by Crippen LogP contribution is 2.30. The molecule has 2 N–H and O–H groups in total. The van der Waals surface area contributed by atoms with Crippen LogP contribution < -0.4 is 5.32 Å². The molecule has 0 bridgehead atoms. The molecule has 4 heteroatoms. The lowest BCUT2D eigenvalue weighted by atomic mass is 9.99. The number of carbonyl (C=O) groups is 1. The SMILES string of the molecule is CC(C)c1cccc2c(Nc3cccc(C(=O)O)c3)ccnc12. The Labute approximate surface area is 134 Å². The molecule has 0 unspecified atom stereocenters. The highest BCUT2D eigenvalue weighted by Gasteiger charge is 2.10. The summed E-state index contributed by atoms with van der Waals surface area (Å²) in [6, 6.07) is 14.8. The van der Waals surface area contributed by atoms with Crippen molar-refractivity contribution in [3.8, 4) is 0 Å². The van der Waals surface area contributed by atoms with Crippen LogP contribution in [0.15, 0.2) is 54.7 Å². The number of rotatable bonds is 4. The van der Waals surface area contributed by atoms with Crippen LogP contribution in [0.1, 0.15) is 35.7 Å². The number of nitrogens with one attached hydrogen (secondary N) is 1. The predicted octanol–water partition coefficient (Wildman–Crippen LogP) is 4.80. The van der Waals surface area contributed by atoms with Gasteiger partial charge >= 0.3 is 5.97 Å². The molecule has 0 radical (unpaired) electrons. The lowest BCUT2D eigenvalue weighted by Gasteiger charge is -2.13. The second kappa shape index (κ2) is 6.08. The van der Waals surface area contributed by atoms with E-state index < -0.39 is 5.97 Å². The molecule has 0 aliphatic heterocycles. The van der Waals surface area contributed by atoms with Crippen molar-refractivity contribution in [2.45, 2.75) is 19.8 Å². The Kier molecular flexibility index (Phi) is 3.98. The molecule has 0 saturated heterocycles. The first kappa shape index (κ1) is 15.0. The van der Waals surface area contributed by atoms with Gasteiger partial charge in [0.1, 0.15) is 0 Å². The van der Waals surface area contributed by atoms with E-state index in [-0.39, 0.29) is 5.56 Å². The van der Waals surface area contributed by atoms with E-state index in [0.29, 0.717) is 5.92 Å². The number of hydrogen-bond acceptors (Lipinski definition) is 3. The first-order valence-corrected chi connectivity index (χ1v) is 7.54. The normalized spacial score (nSPS) is 10.9. The van der Waals surface area contributed by atoms with Crippen LogP contribution in [0.2, 0.25) is 0 Å². The molecule has 3 aromatic rings. The van der Waals surface area contributed by atoms with E-state index in [2.05, 4.69) is 30.2 Å². The molecule has 116 valence electrons. The maximum atomic E-state index is 11.1. The average molecular weight is 306 g/mol. The van der Waals surface area contributed by atoms with Gasteiger partial charge in [0.2, 0.25) is 0 Å². The second-order valence-electron chi connectivity index (χ2n) is 5.77. The number of benzene rings is 2. The fourth-order valence-corrected chi connectivity index (χ4v) is 2.66. The Hall–Kier alpha value is -2.88. The lowest BCUT2D eigenvalue weighted by molar-refractivity contribution is 0.0697. The van der Waals surface area contributed by atoms with Gasteiger partial charge in [0.05, 0.1) is 11.1 Å². The van der Waals surface area contributed by atoms with E-state index in [0.717, 1.165) is 22.3 Å². The van der Waals surface area contributed by atoms with Crippen molar-refractivity contribution in [2.75, 3.05) is 5.32 Å². The Morgan fingerprint density at radius 1 is 1.13 bits per heavy atom. The van der Waals surface area contributed by atoms with Crippen molar-refractivity contribution in [1.82, 2.24) is 4.98 Å². The average Bonchev–Trinajstić information content (AvgIpc) is 2.54. The summed E-state index contributed by atoms with van der Waals surface area (Å²) >= 11 is 0. The number of pyridine rings is 1. The van der Waals surface area contributed by atoms with Crippen LogP contribution in [-0.4, -0.2) is 16.1 Å². The number of aromatic carboxylic acids is 1. The van der Waals surface area contributed by atoms with Crippen molar-refractivity contribution in [1.29, 1.82) is 0 Å². The number of carboxylic acid groups (broad SMARTS) is 1. The minimum atomic E-state index is -0.935. The third-order valence-corrected chi connectivity index (χ3v) is 3.81. The van der Waals surface area contributed by atoms with Crippen molar-refractivity contribution in [2.24, 2.45) is 0 Å². The molecule has 0 fully saturated rings. The molecule has 4 nitrogen and oxygen atoms in total. The van der Waals surface area contributed by atoms with E-state index in [1.165, 1.54) is 5.56 Å². The Morgan fingerprint density at radius 2 is 1.91 bits per heavy atom. The minimum absolute atomic E-state index is 0.260. The van der Waals surface area contributed by atoms with Crippen molar-refractivity contribution < 1.29 is 9.90 Å². The number of hydrogen-bond donors (Lipinski definition) is 2. The first-order valence-electron chi connectivity index (χ1n) is 7.54. The summed E-state index contributed by atoms with van der Waals surface area (Å²) in [4.78, 5) is 15.6. The number of carboxylic acids is 1. The van der Waals surface area contributed by atoms with Gasteiger partial charge < -0.3 is 10.4 Å². The van der Waals surface area contributed by atoms with Gasteiger partial charge in [-0.25, -0.2) is 4.79 Å². The van der Waals surface area contributed by atoms with Crippen LogP contribution in [0.5, 0.6) is 0 Å². The Bertz CT molecular complexity index is 872. The maximum Gasteiger partial charge on any atom is 0.335 e. The molecule has 1 aromatic heterocycles. The zero-order chi connectivity index (χ0) is 16.4. The molecule has 23 heavy (non-hydrogen) atoms. The van der Waals surface area contributed by atoms with E-state index >= 15 is 0 Å². The third-order valence-electron chi connectivity index (χ3n) is 3.81. The molecule has 0 aliphatic carbocycles. The van der Waals surface area contributed by atoms with Gasteiger partial charge in [0.25, 0.3) is 0 Å². The van der Waals surface area contributed by atoms with E-state index in [1.807, 2.05) is 24.3 Å². The number of aromatic nitrogens is 1. The topological polar surface area (TPSA) is 62.2 Å². The van der Waals surface area contributed by atoms with Crippen molar-refractivity contribution in [3.63, 3.8) is 0 Å². The van der Waals surface area contributed by atoms with Gasteiger partial charge in [-0.05, 0) is 35.7 Å². The molecular formula is C19H18N2O2. The summed E-state index contributed by atoms with van der Waals surface area (Å²) in [7, 11) is 0. The Balaban J connectivity index is 2.06. The van der Waals surface area contributed by atoms with E-state index in [4.69, 9.17) is 5.11 Å². The summed E-state index contributed by atoms with van der Waals surface area (Å²) in [6.07, 6.45) is 1.78. The minimum Gasteiger partial charge on any atom is -0.478 e. The van der Waals surface area contributed by atoms with Crippen LogP contribution in [-0.2, 0) is 0 Å². The van der Waals surface area contributed by atoms with Gasteiger partial charge in [0.15, 0.2) is 0 Å². The first-order chi connectivity index (χ1) is 11.1. The number of fused-ring (bicyclic) bond motifs is 1. The second-order valence-corrected chi connectivity index (χ2v) is 5.77. The molecule has 3 rings (SSSR count). The molecule has 1 heterocycles. The predicted molar refractivity (Wildman–Crippen MR) is 92.5 cm³/mol. The van der Waals surface area contributed by atoms with Gasteiger partial charge in [-0.2, -0.15) is 0 Å². The van der Waals surface area contributed by atoms with E-state index in [1.54, 1.807) is 24.4 Å². The van der Waals surface area contributed by atoms with Gasteiger partial charge in [0, 0.05) is 23.0 Å². The maximum absolute atomic E-state index is 11.1. The van der Waals surface area contributed by atoms with Gasteiger partial charge in [-0.1, -0.05) is 38.1 Å². The summed E-state index contributed by atoms with van der Waals surface area (Å²) in [6.45, 7) is 4.29. The highest BCUT2D eigenvalue weighted by atomic mass is 16.4. The monoisotopic (exact) mass is 306 g/mol. The van der Waals surface area contributed by atoms with Crippen LogP contribution in [0.3, 0.4) is 0 Å². The van der Waals surface area contributed by atoms with Gasteiger partial charge in [-0.15, -0.1) is 0 Å². The quantitative estimate of drug-likeness (QED) is 0.726. The smallest absolute Gasteiger partial charge is 0.335 e. The standard InChI is InChI=1S/C19H18N2O2/c1-12(2)15-7-4-8-16-17(9-10-20-18(15)16)21-14-6-3-5-13(11-14)19(22)23/h3-12H,1-2H3,(H,20,21)(H,22,23). The number of para-hydroxylation sites is 1. The summed E-state index contributed by atoms with van der Waals surface area (Å²) in [5, 5.41) is 13.4. The van der Waals surface area contributed by atoms with Crippen molar-refractivity contribution >= 4 is 28.2 Å². The van der Waals surface area contributed by atoms with Crippen LogP contribution in [0, 0.1) is 0 Å². The number of nitrogens with zero attached hydrogens (tertiary/aromatic N) is 1. The summed E-state index contributed by atoms with van der Waals surface area (Å²) in [5.41, 5.74) is 4.09.